The Bertz CT molecular complexity index is 1400. The number of benzene rings is 3. The van der Waals surface area contributed by atoms with Crippen LogP contribution in [0.3, 0.4) is 0 Å². The van der Waals surface area contributed by atoms with Crippen LogP contribution in [0.5, 0.6) is 11.5 Å². The first-order valence-corrected chi connectivity index (χ1v) is 13.2. The molecular formula is C27H25IN4O3S. The fraction of sp³-hybridized carbons (Fsp3) is 0.185. The van der Waals surface area contributed by atoms with Crippen molar-refractivity contribution in [1.82, 2.24) is 15.4 Å². The van der Waals surface area contributed by atoms with Crippen LogP contribution in [0, 0.1) is 17.4 Å². The summed E-state index contributed by atoms with van der Waals surface area (Å²) in [6.07, 6.45) is 1.58. The lowest BCUT2D eigenvalue weighted by atomic mass is 10.1. The average molecular weight is 612 g/mol. The van der Waals surface area contributed by atoms with E-state index in [4.69, 9.17) is 9.47 Å². The maximum Gasteiger partial charge on any atom is 0.250 e. The summed E-state index contributed by atoms with van der Waals surface area (Å²) < 4.78 is 12.6. The summed E-state index contributed by atoms with van der Waals surface area (Å²) in [4.78, 5) is 20.8. The number of carbonyl (C=O) groups excluding carboxylic acids is 1. The third-order valence-corrected chi connectivity index (χ3v) is 6.85. The van der Waals surface area contributed by atoms with Gasteiger partial charge in [-0.2, -0.15) is 5.10 Å². The van der Waals surface area contributed by atoms with E-state index in [2.05, 4.69) is 67.4 Å². The van der Waals surface area contributed by atoms with Gasteiger partial charge in [0, 0.05) is 11.4 Å². The van der Waals surface area contributed by atoms with Crippen molar-refractivity contribution in [2.75, 3.05) is 12.9 Å². The zero-order valence-corrected chi connectivity index (χ0v) is 23.1. The Hall–Kier alpha value is -3.18. The van der Waals surface area contributed by atoms with Crippen molar-refractivity contribution >= 4 is 57.2 Å². The monoisotopic (exact) mass is 612 g/mol. The van der Waals surface area contributed by atoms with Crippen molar-refractivity contribution < 1.29 is 14.3 Å². The second-order valence-corrected chi connectivity index (χ2v) is 10.1. The first-order chi connectivity index (χ1) is 17.4. The molecular weight excluding hydrogens is 587 g/mol. The number of thioether (sulfide) groups is 1. The highest BCUT2D eigenvalue weighted by Gasteiger charge is 2.13. The van der Waals surface area contributed by atoms with Crippen molar-refractivity contribution in [2.45, 2.75) is 25.6 Å². The van der Waals surface area contributed by atoms with Crippen LogP contribution in [-0.2, 0) is 11.4 Å². The predicted molar refractivity (Wildman–Crippen MR) is 152 cm³/mol. The molecule has 0 bridgehead atoms. The highest BCUT2D eigenvalue weighted by molar-refractivity contribution is 14.1. The second kappa shape index (κ2) is 12.2. The van der Waals surface area contributed by atoms with Gasteiger partial charge in [-0.25, -0.2) is 15.4 Å². The number of hydrogen-bond donors (Lipinski definition) is 1. The third-order valence-electron chi connectivity index (χ3n) is 5.20. The van der Waals surface area contributed by atoms with Gasteiger partial charge in [-0.15, -0.1) is 0 Å². The third kappa shape index (κ3) is 6.73. The molecule has 7 nitrogen and oxygen atoms in total. The SMILES string of the molecule is COc1cc(/C=N\NC(=O)CSc2nc(C)cc(C)n2)cc(I)c1OCc1cccc2ccccc12. The van der Waals surface area contributed by atoms with Gasteiger partial charge in [-0.1, -0.05) is 54.2 Å². The standard InChI is InChI=1S/C27H25IN4O3S/c1-17-11-18(2)31-27(30-17)36-16-25(33)32-29-14-19-12-23(28)26(24(13-19)34-3)35-15-21-9-6-8-20-7-4-5-10-22(20)21/h4-14H,15-16H2,1-3H3,(H,32,33)/b29-14-. The molecule has 0 saturated carbocycles. The van der Waals surface area contributed by atoms with Crippen molar-refractivity contribution in [3.05, 3.63) is 86.7 Å². The van der Waals surface area contributed by atoms with Crippen LogP contribution in [0.25, 0.3) is 10.8 Å². The van der Waals surface area contributed by atoms with Crippen molar-refractivity contribution in [3.8, 4) is 11.5 Å². The number of aromatic nitrogens is 2. The minimum absolute atomic E-state index is 0.169. The number of nitrogens with one attached hydrogen (secondary N) is 1. The van der Waals surface area contributed by atoms with Crippen LogP contribution in [-0.4, -0.2) is 35.0 Å². The number of methoxy groups -OCH3 is 1. The molecule has 3 aromatic carbocycles. The Balaban J connectivity index is 1.38. The van der Waals surface area contributed by atoms with Crippen molar-refractivity contribution in [3.63, 3.8) is 0 Å². The van der Waals surface area contributed by atoms with Gasteiger partial charge in [0.25, 0.3) is 5.91 Å². The zero-order valence-electron chi connectivity index (χ0n) is 20.1. The summed E-state index contributed by atoms with van der Waals surface area (Å²) in [5.41, 5.74) is 6.17. The molecule has 9 heteroatoms. The molecule has 0 aliphatic heterocycles. The molecule has 1 heterocycles. The van der Waals surface area contributed by atoms with Gasteiger partial charge in [-0.3, -0.25) is 4.79 Å². The highest BCUT2D eigenvalue weighted by atomic mass is 127. The minimum Gasteiger partial charge on any atom is -0.493 e. The van der Waals surface area contributed by atoms with E-state index in [0.717, 1.165) is 31.5 Å². The first kappa shape index (κ1) is 25.9. The molecule has 1 aromatic heterocycles. The minimum atomic E-state index is -0.240. The van der Waals surface area contributed by atoms with Gasteiger partial charge < -0.3 is 9.47 Å². The summed E-state index contributed by atoms with van der Waals surface area (Å²) in [7, 11) is 1.60. The number of aryl methyl sites for hydroxylation is 2. The summed E-state index contributed by atoms with van der Waals surface area (Å²) >= 11 is 3.49. The van der Waals surface area contributed by atoms with E-state index in [1.165, 1.54) is 17.1 Å². The van der Waals surface area contributed by atoms with E-state index >= 15 is 0 Å². The summed E-state index contributed by atoms with van der Waals surface area (Å²) in [5.74, 6) is 1.19. The fourth-order valence-electron chi connectivity index (χ4n) is 3.62. The first-order valence-electron chi connectivity index (χ1n) is 11.2. The largest absolute Gasteiger partial charge is 0.493 e. The molecule has 4 aromatic rings. The van der Waals surface area contributed by atoms with Gasteiger partial charge in [0.05, 0.1) is 22.6 Å². The fourth-order valence-corrected chi connectivity index (χ4v) is 5.14. The molecule has 0 saturated heterocycles. The number of rotatable bonds is 9. The van der Waals surface area contributed by atoms with Crippen LogP contribution in [0.1, 0.15) is 22.5 Å². The molecule has 4 rings (SSSR count). The van der Waals surface area contributed by atoms with Crippen LogP contribution < -0.4 is 14.9 Å². The normalized spacial score (nSPS) is 11.1. The number of hydrazone groups is 1. The van der Waals surface area contributed by atoms with Gasteiger partial charge in [-0.05, 0) is 76.5 Å². The molecule has 0 aliphatic rings. The molecule has 0 atom stereocenters. The molecule has 0 aliphatic carbocycles. The topological polar surface area (TPSA) is 85.7 Å². The molecule has 0 unspecified atom stereocenters. The van der Waals surface area contributed by atoms with Crippen LogP contribution >= 0.6 is 34.4 Å². The number of hydrogen-bond acceptors (Lipinski definition) is 7. The lowest BCUT2D eigenvalue weighted by Crippen LogP contribution is -2.19. The molecule has 184 valence electrons. The predicted octanol–water partition coefficient (Wildman–Crippen LogP) is 5.68. The van der Waals surface area contributed by atoms with E-state index in [1.54, 1.807) is 13.3 Å². The van der Waals surface area contributed by atoms with Crippen molar-refractivity contribution in [1.29, 1.82) is 0 Å². The van der Waals surface area contributed by atoms with E-state index in [1.807, 2.05) is 50.2 Å². The summed E-state index contributed by atoms with van der Waals surface area (Å²) in [6, 6.07) is 20.1. The van der Waals surface area contributed by atoms with E-state index in [9.17, 15) is 4.79 Å². The van der Waals surface area contributed by atoms with E-state index in [0.29, 0.717) is 23.3 Å². The number of ether oxygens (including phenoxy) is 2. The molecule has 36 heavy (non-hydrogen) atoms. The van der Waals surface area contributed by atoms with E-state index in [-0.39, 0.29) is 11.7 Å². The Labute approximate surface area is 227 Å². The van der Waals surface area contributed by atoms with Crippen LogP contribution in [0.2, 0.25) is 0 Å². The van der Waals surface area contributed by atoms with Crippen molar-refractivity contribution in [2.24, 2.45) is 5.10 Å². The maximum atomic E-state index is 12.2. The number of halogens is 1. The Kier molecular flexibility index (Phi) is 8.76. The van der Waals surface area contributed by atoms with E-state index < -0.39 is 0 Å². The van der Waals surface area contributed by atoms with Crippen LogP contribution in [0.4, 0.5) is 0 Å². The lowest BCUT2D eigenvalue weighted by Gasteiger charge is -2.14. The molecule has 0 spiro atoms. The molecule has 1 amide bonds. The molecule has 0 radical (unpaired) electrons. The van der Waals surface area contributed by atoms with Gasteiger partial charge in [0.15, 0.2) is 16.7 Å². The smallest absolute Gasteiger partial charge is 0.250 e. The van der Waals surface area contributed by atoms with Gasteiger partial charge >= 0.3 is 0 Å². The maximum absolute atomic E-state index is 12.2. The molecule has 0 fully saturated rings. The number of amides is 1. The van der Waals surface area contributed by atoms with Crippen LogP contribution in [0.15, 0.2) is 70.9 Å². The second-order valence-electron chi connectivity index (χ2n) is 7.98. The van der Waals surface area contributed by atoms with Gasteiger partial charge in [0.2, 0.25) is 0 Å². The quantitative estimate of drug-likeness (QED) is 0.0861. The number of nitrogens with zero attached hydrogens (tertiary/aromatic N) is 3. The number of carbonyl (C=O) groups is 1. The summed E-state index contributed by atoms with van der Waals surface area (Å²) in [5, 5.41) is 7.00. The molecule has 1 N–H and O–H groups in total. The zero-order chi connectivity index (χ0) is 25.5. The summed E-state index contributed by atoms with van der Waals surface area (Å²) in [6.45, 7) is 4.22. The lowest BCUT2D eigenvalue weighted by molar-refractivity contribution is -0.118. The van der Waals surface area contributed by atoms with Gasteiger partial charge in [0.1, 0.15) is 6.61 Å². The Morgan fingerprint density at radius 1 is 1.08 bits per heavy atom. The number of fused-ring (bicyclic) bond motifs is 1. The Morgan fingerprint density at radius 3 is 2.61 bits per heavy atom. The average Bonchev–Trinajstić information content (AvgIpc) is 2.86. The Morgan fingerprint density at radius 2 is 1.83 bits per heavy atom. The highest BCUT2D eigenvalue weighted by Crippen LogP contribution is 2.34.